The lowest BCUT2D eigenvalue weighted by Gasteiger charge is -2.41. The second-order valence-corrected chi connectivity index (χ2v) is 7.48. The summed E-state index contributed by atoms with van der Waals surface area (Å²) in [5.41, 5.74) is 3.71. The molecule has 0 aliphatic carbocycles. The second kappa shape index (κ2) is 9.40. The second-order valence-electron chi connectivity index (χ2n) is 7.05. The number of hydrogen-bond acceptors (Lipinski definition) is 4. The molecule has 0 saturated carbocycles. The summed E-state index contributed by atoms with van der Waals surface area (Å²) in [6.45, 7) is 5.39. The Morgan fingerprint density at radius 3 is 2.72 bits per heavy atom. The number of benzene rings is 2. The van der Waals surface area contributed by atoms with Crippen molar-refractivity contribution in [3.63, 3.8) is 0 Å². The third-order valence-corrected chi connectivity index (χ3v) is 5.40. The third-order valence-electron chi connectivity index (χ3n) is 5.14. The monoisotopic (exact) mass is 406 g/mol. The van der Waals surface area contributed by atoms with Crippen molar-refractivity contribution in [2.75, 3.05) is 18.4 Å². The normalized spacial score (nSPS) is 15.2. The molecule has 2 N–H and O–H groups in total. The van der Waals surface area contributed by atoms with Gasteiger partial charge in [0, 0.05) is 41.2 Å². The van der Waals surface area contributed by atoms with Gasteiger partial charge in [0.15, 0.2) is 0 Å². The maximum absolute atomic E-state index is 12.7. The molecule has 1 amide bonds. The van der Waals surface area contributed by atoms with E-state index >= 15 is 0 Å². The van der Waals surface area contributed by atoms with Gasteiger partial charge in [-0.15, -0.1) is 0 Å². The van der Waals surface area contributed by atoms with Crippen LogP contribution in [-0.4, -0.2) is 30.1 Å². The van der Waals surface area contributed by atoms with Crippen LogP contribution in [0.25, 0.3) is 0 Å². The quantitative estimate of drug-likeness (QED) is 0.370. The zero-order valence-corrected chi connectivity index (χ0v) is 16.9. The molecule has 2 aromatic carbocycles. The number of nitrogens with one attached hydrogen (secondary N) is 2. The maximum Gasteiger partial charge on any atom is 0.249 e. The number of nitriles is 1. The molecule has 0 spiro atoms. The lowest BCUT2D eigenvalue weighted by Crippen LogP contribution is -2.45. The minimum Gasteiger partial charge on any atom is -0.385 e. The summed E-state index contributed by atoms with van der Waals surface area (Å²) >= 11 is 5.95. The van der Waals surface area contributed by atoms with Crippen molar-refractivity contribution < 1.29 is 4.79 Å². The predicted octanol–water partition coefficient (Wildman–Crippen LogP) is 4.93. The Kier molecular flexibility index (Phi) is 6.69. The van der Waals surface area contributed by atoms with Crippen LogP contribution in [0.5, 0.6) is 0 Å². The van der Waals surface area contributed by atoms with Crippen molar-refractivity contribution in [3.05, 3.63) is 76.3 Å². The van der Waals surface area contributed by atoms with Gasteiger partial charge >= 0.3 is 0 Å². The van der Waals surface area contributed by atoms with Crippen molar-refractivity contribution in [3.8, 4) is 6.07 Å². The SMILES string of the molecule is C=C(CCCNc1ccc(C#N)cc1C=N)C(=O)N1CCC1c1ccc(Cl)cc1. The largest absolute Gasteiger partial charge is 0.385 e. The lowest BCUT2D eigenvalue weighted by molar-refractivity contribution is -0.135. The highest BCUT2D eigenvalue weighted by Crippen LogP contribution is 2.35. The van der Waals surface area contributed by atoms with Gasteiger partial charge < -0.3 is 15.6 Å². The van der Waals surface area contributed by atoms with Crippen LogP contribution in [0.1, 0.15) is 42.0 Å². The summed E-state index contributed by atoms with van der Waals surface area (Å²) in [5, 5.41) is 20.4. The van der Waals surface area contributed by atoms with E-state index in [1.165, 1.54) is 6.21 Å². The van der Waals surface area contributed by atoms with Gasteiger partial charge in [0.2, 0.25) is 5.91 Å². The van der Waals surface area contributed by atoms with Gasteiger partial charge in [0.25, 0.3) is 0 Å². The molecule has 1 aliphatic heterocycles. The van der Waals surface area contributed by atoms with E-state index in [1.54, 1.807) is 18.2 Å². The lowest BCUT2D eigenvalue weighted by atomic mass is 9.93. The molecule has 2 aromatic rings. The van der Waals surface area contributed by atoms with E-state index in [9.17, 15) is 4.79 Å². The number of rotatable bonds is 8. The highest BCUT2D eigenvalue weighted by Gasteiger charge is 2.33. The molecule has 1 heterocycles. The van der Waals surface area contributed by atoms with E-state index < -0.39 is 0 Å². The minimum absolute atomic E-state index is 0.00903. The molecular formula is C23H23ClN4O. The van der Waals surface area contributed by atoms with E-state index in [0.29, 0.717) is 34.7 Å². The Hall–Kier alpha value is -3.10. The molecule has 1 atom stereocenters. The molecule has 1 unspecified atom stereocenters. The zero-order chi connectivity index (χ0) is 20.8. The number of carbonyl (C=O) groups excluding carboxylic acids is 1. The summed E-state index contributed by atoms with van der Waals surface area (Å²) < 4.78 is 0. The van der Waals surface area contributed by atoms with Crippen LogP contribution in [0.4, 0.5) is 5.69 Å². The van der Waals surface area contributed by atoms with E-state index in [1.807, 2.05) is 29.2 Å². The third kappa shape index (κ3) is 4.85. The van der Waals surface area contributed by atoms with Gasteiger partial charge in [-0.05, 0) is 55.2 Å². The van der Waals surface area contributed by atoms with Gasteiger partial charge in [0.05, 0.1) is 17.7 Å². The van der Waals surface area contributed by atoms with Gasteiger partial charge in [0.1, 0.15) is 0 Å². The first-order chi connectivity index (χ1) is 14.0. The number of hydrogen-bond donors (Lipinski definition) is 2. The Balaban J connectivity index is 1.48. The fraction of sp³-hybridized carbons (Fsp3) is 0.261. The Morgan fingerprint density at radius 2 is 2.10 bits per heavy atom. The van der Waals surface area contributed by atoms with E-state index in [4.69, 9.17) is 22.3 Å². The van der Waals surface area contributed by atoms with Crippen LogP contribution in [0.2, 0.25) is 5.02 Å². The molecule has 1 fully saturated rings. The van der Waals surface area contributed by atoms with Crippen molar-refractivity contribution in [2.45, 2.75) is 25.3 Å². The Labute approximate surface area is 176 Å². The maximum atomic E-state index is 12.7. The molecule has 0 bridgehead atoms. The number of halogens is 1. The number of nitrogens with zero attached hydrogens (tertiary/aromatic N) is 2. The summed E-state index contributed by atoms with van der Waals surface area (Å²) in [4.78, 5) is 14.6. The van der Waals surface area contributed by atoms with Gasteiger partial charge in [-0.3, -0.25) is 4.79 Å². The summed E-state index contributed by atoms with van der Waals surface area (Å²) in [7, 11) is 0. The number of anilines is 1. The van der Waals surface area contributed by atoms with Crippen LogP contribution < -0.4 is 5.32 Å². The number of carbonyl (C=O) groups is 1. The first-order valence-electron chi connectivity index (χ1n) is 9.56. The molecule has 3 rings (SSSR count). The molecular weight excluding hydrogens is 384 g/mol. The van der Waals surface area contributed by atoms with Crippen molar-refractivity contribution in [1.29, 1.82) is 10.7 Å². The standard InChI is InChI=1S/C23H23ClN4O/c1-16(3-2-11-27-21-9-4-17(14-25)13-19(21)15-26)23(29)28-12-10-22(28)18-5-7-20(24)8-6-18/h4-9,13,15,22,26-27H,1-3,10-12H2. The molecule has 1 saturated heterocycles. The number of amides is 1. The minimum atomic E-state index is 0.00903. The van der Waals surface area contributed by atoms with Crippen LogP contribution in [0.15, 0.2) is 54.6 Å². The molecule has 148 valence electrons. The molecule has 1 aliphatic rings. The Morgan fingerprint density at radius 1 is 1.34 bits per heavy atom. The van der Waals surface area contributed by atoms with E-state index in [2.05, 4.69) is 18.0 Å². The van der Waals surface area contributed by atoms with Gasteiger partial charge in [-0.25, -0.2) is 0 Å². The van der Waals surface area contributed by atoms with Crippen molar-refractivity contribution in [1.82, 2.24) is 4.90 Å². The summed E-state index contributed by atoms with van der Waals surface area (Å²) in [6.07, 6.45) is 3.53. The molecule has 6 heteroatoms. The average molecular weight is 407 g/mol. The van der Waals surface area contributed by atoms with Crippen LogP contribution in [-0.2, 0) is 4.79 Å². The molecule has 5 nitrogen and oxygen atoms in total. The molecule has 0 radical (unpaired) electrons. The smallest absolute Gasteiger partial charge is 0.249 e. The first-order valence-corrected chi connectivity index (χ1v) is 9.94. The van der Waals surface area contributed by atoms with E-state index in [0.717, 1.165) is 30.6 Å². The van der Waals surface area contributed by atoms with Crippen molar-refractivity contribution >= 4 is 29.4 Å². The van der Waals surface area contributed by atoms with Gasteiger partial charge in [-0.2, -0.15) is 5.26 Å². The fourth-order valence-electron chi connectivity index (χ4n) is 3.41. The van der Waals surface area contributed by atoms with Crippen LogP contribution >= 0.6 is 11.6 Å². The molecule has 29 heavy (non-hydrogen) atoms. The number of likely N-dealkylation sites (tertiary alicyclic amines) is 1. The molecule has 0 aromatic heterocycles. The predicted molar refractivity (Wildman–Crippen MR) is 116 cm³/mol. The Bertz CT molecular complexity index is 962. The van der Waals surface area contributed by atoms with Crippen LogP contribution in [0.3, 0.4) is 0 Å². The summed E-state index contributed by atoms with van der Waals surface area (Å²) in [6, 6.07) is 15.0. The average Bonchev–Trinajstić information content (AvgIpc) is 2.71. The topological polar surface area (TPSA) is 80.0 Å². The highest BCUT2D eigenvalue weighted by molar-refractivity contribution is 6.30. The van der Waals surface area contributed by atoms with Crippen LogP contribution in [0, 0.1) is 16.7 Å². The first kappa shape index (κ1) is 20.6. The van der Waals surface area contributed by atoms with E-state index in [-0.39, 0.29) is 11.9 Å². The van der Waals surface area contributed by atoms with Gasteiger partial charge in [-0.1, -0.05) is 30.3 Å². The summed E-state index contributed by atoms with van der Waals surface area (Å²) in [5.74, 6) is 0.00903. The highest BCUT2D eigenvalue weighted by atomic mass is 35.5. The van der Waals surface area contributed by atoms with Crippen molar-refractivity contribution in [2.24, 2.45) is 0 Å². The zero-order valence-electron chi connectivity index (χ0n) is 16.1. The fourth-order valence-corrected chi connectivity index (χ4v) is 3.54.